The second kappa shape index (κ2) is 7.43. The Kier molecular flexibility index (Phi) is 5.22. The summed E-state index contributed by atoms with van der Waals surface area (Å²) >= 11 is 0.932. The molecular weight excluding hydrogens is 383 g/mol. The highest BCUT2D eigenvalue weighted by atomic mass is 32.2. The van der Waals surface area contributed by atoms with E-state index in [1.54, 1.807) is 40.1 Å². The Morgan fingerprint density at radius 2 is 2.04 bits per heavy atom. The molecular formula is C16H14F3N5O2S. The standard InChI is InChI=1S/C16H14F3N5O2S/c1-2-7-23-13(26)10-5-3-4-6-11(10)24-14(23)21-22-15(24)27-8-12(25)20-9-16(17,18)19/h2-6H,1,7-9H2,(H,20,25). The average Bonchev–Trinajstić information content (AvgIpc) is 3.05. The van der Waals surface area contributed by atoms with Gasteiger partial charge < -0.3 is 5.32 Å². The zero-order valence-corrected chi connectivity index (χ0v) is 14.7. The van der Waals surface area contributed by atoms with Crippen molar-refractivity contribution in [2.45, 2.75) is 17.9 Å². The molecule has 0 bridgehead atoms. The molecule has 142 valence electrons. The summed E-state index contributed by atoms with van der Waals surface area (Å²) in [7, 11) is 0. The summed E-state index contributed by atoms with van der Waals surface area (Å²) in [6.07, 6.45) is -2.93. The van der Waals surface area contributed by atoms with Crippen LogP contribution in [0.25, 0.3) is 16.7 Å². The van der Waals surface area contributed by atoms with Crippen molar-refractivity contribution < 1.29 is 18.0 Å². The third-order valence-corrected chi connectivity index (χ3v) is 4.54. The van der Waals surface area contributed by atoms with Crippen molar-refractivity contribution in [3.05, 3.63) is 47.3 Å². The quantitative estimate of drug-likeness (QED) is 0.508. The van der Waals surface area contributed by atoms with Crippen LogP contribution in [0.1, 0.15) is 0 Å². The van der Waals surface area contributed by atoms with E-state index in [9.17, 15) is 22.8 Å². The number of hydrogen-bond donors (Lipinski definition) is 1. The van der Waals surface area contributed by atoms with Gasteiger partial charge in [0.1, 0.15) is 6.54 Å². The molecule has 0 atom stereocenters. The maximum Gasteiger partial charge on any atom is 0.405 e. The minimum atomic E-state index is -4.47. The summed E-state index contributed by atoms with van der Waals surface area (Å²) in [5.41, 5.74) is 0.283. The maximum absolute atomic E-state index is 12.6. The number of nitrogens with one attached hydrogen (secondary N) is 1. The van der Waals surface area contributed by atoms with Crippen LogP contribution in [0.3, 0.4) is 0 Å². The van der Waals surface area contributed by atoms with E-state index >= 15 is 0 Å². The highest BCUT2D eigenvalue weighted by Gasteiger charge is 2.27. The average molecular weight is 397 g/mol. The number of thioether (sulfide) groups is 1. The Hall–Kier alpha value is -2.82. The van der Waals surface area contributed by atoms with E-state index in [0.29, 0.717) is 16.1 Å². The molecule has 0 aliphatic rings. The van der Waals surface area contributed by atoms with Gasteiger partial charge in [-0.2, -0.15) is 13.2 Å². The lowest BCUT2D eigenvalue weighted by Gasteiger charge is -2.10. The van der Waals surface area contributed by atoms with E-state index in [1.165, 1.54) is 4.57 Å². The fraction of sp³-hybridized carbons (Fsp3) is 0.250. The second-order valence-electron chi connectivity index (χ2n) is 5.52. The number of halogens is 3. The molecule has 1 amide bonds. The Morgan fingerprint density at radius 3 is 2.74 bits per heavy atom. The first-order valence-electron chi connectivity index (χ1n) is 7.75. The molecule has 0 aliphatic heterocycles. The summed E-state index contributed by atoms with van der Waals surface area (Å²) in [6.45, 7) is 2.44. The van der Waals surface area contributed by atoms with E-state index in [-0.39, 0.29) is 23.6 Å². The maximum atomic E-state index is 12.6. The Morgan fingerprint density at radius 1 is 1.30 bits per heavy atom. The first kappa shape index (κ1) is 19.0. The molecule has 0 spiro atoms. The molecule has 27 heavy (non-hydrogen) atoms. The van der Waals surface area contributed by atoms with Crippen LogP contribution in [-0.4, -0.2) is 43.5 Å². The molecule has 2 aromatic heterocycles. The number of carbonyl (C=O) groups is 1. The van der Waals surface area contributed by atoms with Crippen LogP contribution >= 0.6 is 11.8 Å². The molecule has 11 heteroatoms. The van der Waals surface area contributed by atoms with Crippen LogP contribution in [-0.2, 0) is 11.3 Å². The number of aromatic nitrogens is 4. The number of alkyl halides is 3. The van der Waals surface area contributed by atoms with Crippen molar-refractivity contribution in [1.29, 1.82) is 0 Å². The lowest BCUT2D eigenvalue weighted by Crippen LogP contribution is -2.34. The lowest BCUT2D eigenvalue weighted by atomic mass is 10.2. The van der Waals surface area contributed by atoms with Crippen molar-refractivity contribution in [3.63, 3.8) is 0 Å². The zero-order valence-electron chi connectivity index (χ0n) is 13.9. The van der Waals surface area contributed by atoms with Gasteiger partial charge in [0.25, 0.3) is 5.56 Å². The monoisotopic (exact) mass is 397 g/mol. The van der Waals surface area contributed by atoms with Crippen LogP contribution in [0.5, 0.6) is 0 Å². The van der Waals surface area contributed by atoms with Crippen molar-refractivity contribution in [2.24, 2.45) is 0 Å². The fourth-order valence-corrected chi connectivity index (χ4v) is 3.27. The van der Waals surface area contributed by atoms with Gasteiger partial charge in [-0.1, -0.05) is 30.0 Å². The molecule has 0 radical (unpaired) electrons. The van der Waals surface area contributed by atoms with Gasteiger partial charge in [0.15, 0.2) is 5.16 Å². The van der Waals surface area contributed by atoms with E-state index in [1.807, 2.05) is 0 Å². The Balaban J connectivity index is 1.97. The number of carbonyl (C=O) groups excluding carboxylic acids is 1. The number of fused-ring (bicyclic) bond motifs is 3. The minimum absolute atomic E-state index is 0.210. The van der Waals surface area contributed by atoms with Gasteiger partial charge >= 0.3 is 6.18 Å². The summed E-state index contributed by atoms with van der Waals surface area (Å²) in [5.74, 6) is -0.791. The molecule has 3 aromatic rings. The molecule has 0 saturated heterocycles. The van der Waals surface area contributed by atoms with Crippen molar-refractivity contribution in [1.82, 2.24) is 24.5 Å². The van der Waals surface area contributed by atoms with Crippen molar-refractivity contribution in [2.75, 3.05) is 12.3 Å². The second-order valence-corrected chi connectivity index (χ2v) is 6.46. The highest BCUT2D eigenvalue weighted by molar-refractivity contribution is 7.99. The first-order valence-corrected chi connectivity index (χ1v) is 8.74. The molecule has 2 heterocycles. The van der Waals surface area contributed by atoms with E-state index < -0.39 is 18.6 Å². The van der Waals surface area contributed by atoms with Crippen molar-refractivity contribution >= 4 is 34.3 Å². The number of hydrogen-bond acceptors (Lipinski definition) is 5. The van der Waals surface area contributed by atoms with Gasteiger partial charge in [0.2, 0.25) is 11.7 Å². The Bertz CT molecular complexity index is 1070. The summed E-state index contributed by atoms with van der Waals surface area (Å²) < 4.78 is 39.5. The zero-order chi connectivity index (χ0) is 19.6. The number of nitrogens with zero attached hydrogens (tertiary/aromatic N) is 4. The third-order valence-electron chi connectivity index (χ3n) is 3.61. The number of amides is 1. The van der Waals surface area contributed by atoms with Crippen LogP contribution in [0.2, 0.25) is 0 Å². The van der Waals surface area contributed by atoms with Gasteiger partial charge in [-0.3, -0.25) is 18.6 Å². The first-order chi connectivity index (χ1) is 12.8. The van der Waals surface area contributed by atoms with Gasteiger partial charge in [-0.05, 0) is 12.1 Å². The topological polar surface area (TPSA) is 81.3 Å². The predicted octanol–water partition coefficient (Wildman–Crippen LogP) is 2.00. The molecule has 1 N–H and O–H groups in total. The summed E-state index contributed by atoms with van der Waals surface area (Å²) in [6, 6.07) is 6.82. The number of para-hydroxylation sites is 1. The largest absolute Gasteiger partial charge is 0.405 e. The van der Waals surface area contributed by atoms with Gasteiger partial charge in [-0.25, -0.2) is 0 Å². The van der Waals surface area contributed by atoms with Crippen LogP contribution in [0, 0.1) is 0 Å². The van der Waals surface area contributed by atoms with E-state index in [0.717, 1.165) is 11.8 Å². The molecule has 3 rings (SSSR count). The van der Waals surface area contributed by atoms with Crippen LogP contribution in [0.4, 0.5) is 13.2 Å². The van der Waals surface area contributed by atoms with Gasteiger partial charge in [0.05, 0.1) is 16.7 Å². The number of allylic oxidation sites excluding steroid dienone is 1. The van der Waals surface area contributed by atoms with Crippen molar-refractivity contribution in [3.8, 4) is 0 Å². The SMILES string of the molecule is C=CCn1c(=O)c2ccccc2n2c(SCC(=O)NCC(F)(F)F)nnc12. The normalized spacial score (nSPS) is 11.8. The summed E-state index contributed by atoms with van der Waals surface area (Å²) in [4.78, 5) is 24.3. The molecule has 0 saturated carbocycles. The van der Waals surface area contributed by atoms with Gasteiger partial charge in [0, 0.05) is 6.54 Å². The van der Waals surface area contributed by atoms with Crippen LogP contribution < -0.4 is 10.9 Å². The molecule has 0 aliphatic carbocycles. The van der Waals surface area contributed by atoms with E-state index in [2.05, 4.69) is 16.8 Å². The molecule has 7 nitrogen and oxygen atoms in total. The predicted molar refractivity (Wildman–Crippen MR) is 94.7 cm³/mol. The molecule has 1 aromatic carbocycles. The summed E-state index contributed by atoms with van der Waals surface area (Å²) in [5, 5.41) is 10.5. The lowest BCUT2D eigenvalue weighted by molar-refractivity contribution is -0.136. The Labute approximate surface area is 154 Å². The molecule has 0 fully saturated rings. The smallest absolute Gasteiger partial charge is 0.346 e. The van der Waals surface area contributed by atoms with Gasteiger partial charge in [-0.15, -0.1) is 16.8 Å². The number of benzene rings is 1. The highest BCUT2D eigenvalue weighted by Crippen LogP contribution is 2.21. The third kappa shape index (κ3) is 3.97. The fourth-order valence-electron chi connectivity index (χ4n) is 2.50. The minimum Gasteiger partial charge on any atom is -0.346 e. The molecule has 0 unspecified atom stereocenters. The van der Waals surface area contributed by atoms with E-state index in [4.69, 9.17) is 0 Å². The number of rotatable bonds is 6. The van der Waals surface area contributed by atoms with Crippen LogP contribution in [0.15, 0.2) is 46.9 Å².